The van der Waals surface area contributed by atoms with Crippen LogP contribution in [0.5, 0.6) is 0 Å². The fourth-order valence-electron chi connectivity index (χ4n) is 2.04. The fourth-order valence-corrected chi connectivity index (χ4v) is 3.71. The minimum atomic E-state index is 0. The summed E-state index contributed by atoms with van der Waals surface area (Å²) in [6.07, 6.45) is 0. The van der Waals surface area contributed by atoms with Crippen LogP contribution in [0.4, 0.5) is 0 Å². The Kier molecular flexibility index (Phi) is 8.34. The van der Waals surface area contributed by atoms with Crippen LogP contribution in [0.2, 0.25) is 0 Å². The lowest BCUT2D eigenvalue weighted by molar-refractivity contribution is 0.709. The van der Waals surface area contributed by atoms with Crippen molar-refractivity contribution in [3.05, 3.63) is 38.0 Å². The van der Waals surface area contributed by atoms with Gasteiger partial charge in [0.25, 0.3) is 0 Å². The number of hydrogen-bond donors (Lipinski definition) is 2. The van der Waals surface area contributed by atoms with Crippen molar-refractivity contribution in [2.24, 2.45) is 4.99 Å². The van der Waals surface area contributed by atoms with E-state index in [-0.39, 0.29) is 24.0 Å². The number of hydrogen-bond acceptors (Lipinski definition) is 4. The van der Waals surface area contributed by atoms with Crippen LogP contribution >= 0.6 is 46.7 Å². The number of thiazole rings is 1. The second kappa shape index (κ2) is 9.46. The van der Waals surface area contributed by atoms with Crippen molar-refractivity contribution >= 4 is 52.6 Å². The Morgan fingerprint density at radius 1 is 1.36 bits per heavy atom. The maximum absolute atomic E-state index is 4.44. The fraction of sp³-hybridized carbons (Fsp3) is 0.467. The summed E-state index contributed by atoms with van der Waals surface area (Å²) in [4.78, 5) is 11.4. The van der Waals surface area contributed by atoms with Gasteiger partial charge >= 0.3 is 0 Å². The number of guanidine groups is 1. The van der Waals surface area contributed by atoms with Gasteiger partial charge in [-0.05, 0) is 25.3 Å². The van der Waals surface area contributed by atoms with Crippen LogP contribution in [0, 0.1) is 13.8 Å². The van der Waals surface area contributed by atoms with Crippen molar-refractivity contribution in [2.45, 2.75) is 33.2 Å². The summed E-state index contributed by atoms with van der Waals surface area (Å²) >= 11 is 3.53. The molecule has 0 bridgehead atoms. The summed E-state index contributed by atoms with van der Waals surface area (Å²) in [7, 11) is 1.80. The molecule has 1 unspecified atom stereocenters. The molecule has 0 aliphatic carbocycles. The van der Waals surface area contributed by atoms with Gasteiger partial charge in [-0.2, -0.15) is 0 Å². The highest BCUT2D eigenvalue weighted by Gasteiger charge is 2.09. The number of nitrogens with zero attached hydrogens (tertiary/aromatic N) is 2. The molecule has 0 radical (unpaired) electrons. The molecule has 122 valence electrons. The summed E-state index contributed by atoms with van der Waals surface area (Å²) in [6, 6.07) is 4.27. The first-order valence-corrected chi connectivity index (χ1v) is 8.70. The number of nitrogens with one attached hydrogen (secondary N) is 2. The Morgan fingerprint density at radius 2 is 2.14 bits per heavy atom. The van der Waals surface area contributed by atoms with Crippen LogP contribution in [0.15, 0.2) is 22.5 Å². The van der Waals surface area contributed by atoms with Crippen LogP contribution in [-0.2, 0) is 6.54 Å². The van der Waals surface area contributed by atoms with E-state index in [1.807, 2.05) is 6.92 Å². The second-order valence-electron chi connectivity index (χ2n) is 4.96. The average molecular weight is 450 g/mol. The van der Waals surface area contributed by atoms with Gasteiger partial charge in [0.1, 0.15) is 0 Å². The smallest absolute Gasteiger partial charge is 0.191 e. The molecule has 2 aromatic heterocycles. The van der Waals surface area contributed by atoms with E-state index in [1.165, 1.54) is 9.75 Å². The highest BCUT2D eigenvalue weighted by molar-refractivity contribution is 14.0. The van der Waals surface area contributed by atoms with E-state index in [2.05, 4.69) is 52.0 Å². The van der Waals surface area contributed by atoms with Gasteiger partial charge in [0, 0.05) is 29.3 Å². The molecule has 0 saturated heterocycles. The average Bonchev–Trinajstić information content (AvgIpc) is 3.09. The van der Waals surface area contributed by atoms with Crippen LogP contribution in [-0.4, -0.2) is 24.5 Å². The summed E-state index contributed by atoms with van der Waals surface area (Å²) < 4.78 is 0. The molecule has 7 heteroatoms. The lowest BCUT2D eigenvalue weighted by Crippen LogP contribution is -2.38. The van der Waals surface area contributed by atoms with Gasteiger partial charge in [0.15, 0.2) is 5.96 Å². The predicted octanol–water partition coefficient (Wildman–Crippen LogP) is 3.91. The van der Waals surface area contributed by atoms with Crippen LogP contribution in [0.25, 0.3) is 0 Å². The molecule has 4 nitrogen and oxygen atoms in total. The van der Waals surface area contributed by atoms with Crippen LogP contribution in [0.1, 0.15) is 33.3 Å². The Morgan fingerprint density at radius 3 is 2.68 bits per heavy atom. The normalized spacial score (nSPS) is 12.6. The van der Waals surface area contributed by atoms with Gasteiger partial charge in [0.2, 0.25) is 0 Å². The van der Waals surface area contributed by atoms with Gasteiger partial charge in [-0.25, -0.2) is 4.98 Å². The predicted molar refractivity (Wildman–Crippen MR) is 108 cm³/mol. The second-order valence-corrected chi connectivity index (χ2v) is 7.23. The molecule has 0 aliphatic rings. The summed E-state index contributed by atoms with van der Waals surface area (Å²) in [5, 5.41) is 9.97. The molecule has 2 heterocycles. The van der Waals surface area contributed by atoms with Crippen molar-refractivity contribution in [1.29, 1.82) is 0 Å². The minimum absolute atomic E-state index is 0. The lowest BCUT2D eigenvalue weighted by atomic mass is 10.1. The van der Waals surface area contributed by atoms with E-state index in [4.69, 9.17) is 0 Å². The number of rotatable bonds is 5. The first-order valence-electron chi connectivity index (χ1n) is 7.01. The topological polar surface area (TPSA) is 49.3 Å². The molecule has 0 fully saturated rings. The SMILES string of the molecule is CN=C(NCc1sc(C)nc1C)NCC(C)c1cccs1.I. The maximum Gasteiger partial charge on any atom is 0.191 e. The third kappa shape index (κ3) is 5.51. The molecule has 0 saturated carbocycles. The molecular formula is C15H23IN4S2. The zero-order chi connectivity index (χ0) is 15.2. The lowest BCUT2D eigenvalue weighted by Gasteiger charge is -2.15. The Labute approximate surface area is 157 Å². The van der Waals surface area contributed by atoms with Crippen molar-refractivity contribution in [3.8, 4) is 0 Å². The zero-order valence-corrected chi connectivity index (χ0v) is 17.3. The molecular weight excluding hydrogens is 427 g/mol. The van der Waals surface area contributed by atoms with E-state index in [0.717, 1.165) is 29.8 Å². The number of halogens is 1. The third-order valence-electron chi connectivity index (χ3n) is 3.24. The van der Waals surface area contributed by atoms with Crippen molar-refractivity contribution < 1.29 is 0 Å². The molecule has 2 rings (SSSR count). The van der Waals surface area contributed by atoms with Gasteiger partial charge < -0.3 is 10.6 Å². The number of aryl methyl sites for hydroxylation is 2. The Bertz CT molecular complexity index is 593. The van der Waals surface area contributed by atoms with Crippen molar-refractivity contribution in [1.82, 2.24) is 15.6 Å². The number of aliphatic imine (C=N–C) groups is 1. The highest BCUT2D eigenvalue weighted by atomic mass is 127. The van der Waals surface area contributed by atoms with Gasteiger partial charge in [-0.15, -0.1) is 46.7 Å². The highest BCUT2D eigenvalue weighted by Crippen LogP contribution is 2.19. The molecule has 0 amide bonds. The van der Waals surface area contributed by atoms with Gasteiger partial charge in [0.05, 0.1) is 17.2 Å². The molecule has 2 aromatic rings. The van der Waals surface area contributed by atoms with E-state index >= 15 is 0 Å². The molecule has 0 aliphatic heterocycles. The van der Waals surface area contributed by atoms with Gasteiger partial charge in [-0.1, -0.05) is 13.0 Å². The quantitative estimate of drug-likeness (QED) is 0.413. The molecule has 22 heavy (non-hydrogen) atoms. The maximum atomic E-state index is 4.44. The molecule has 2 N–H and O–H groups in total. The van der Waals surface area contributed by atoms with Gasteiger partial charge in [-0.3, -0.25) is 4.99 Å². The Balaban J connectivity index is 0.00000242. The van der Waals surface area contributed by atoms with Crippen LogP contribution < -0.4 is 10.6 Å². The first kappa shape index (κ1) is 19.4. The molecule has 0 spiro atoms. The first-order chi connectivity index (χ1) is 10.1. The van der Waals surface area contributed by atoms with Crippen molar-refractivity contribution in [3.63, 3.8) is 0 Å². The summed E-state index contributed by atoms with van der Waals surface area (Å²) in [5.41, 5.74) is 1.10. The summed E-state index contributed by atoms with van der Waals surface area (Å²) in [5.74, 6) is 1.32. The van der Waals surface area contributed by atoms with E-state index in [0.29, 0.717) is 5.92 Å². The zero-order valence-electron chi connectivity index (χ0n) is 13.3. The van der Waals surface area contributed by atoms with Crippen molar-refractivity contribution in [2.75, 3.05) is 13.6 Å². The van der Waals surface area contributed by atoms with Crippen LogP contribution in [0.3, 0.4) is 0 Å². The standard InChI is InChI=1S/C15H22N4S2.HI/c1-10(13-6-5-7-20-13)8-17-15(16-4)18-9-14-11(2)19-12(3)21-14;/h5-7,10H,8-9H2,1-4H3,(H2,16,17,18);1H. The summed E-state index contributed by atoms with van der Waals surface area (Å²) in [6.45, 7) is 7.96. The minimum Gasteiger partial charge on any atom is -0.356 e. The molecule has 1 atom stereocenters. The van der Waals surface area contributed by atoms with E-state index < -0.39 is 0 Å². The third-order valence-corrected chi connectivity index (χ3v) is 5.42. The van der Waals surface area contributed by atoms with E-state index in [9.17, 15) is 0 Å². The Hall–Kier alpha value is -0.670. The van der Waals surface area contributed by atoms with E-state index in [1.54, 1.807) is 29.7 Å². The largest absolute Gasteiger partial charge is 0.356 e. The monoisotopic (exact) mass is 450 g/mol. The number of aromatic nitrogens is 1. The molecule has 0 aromatic carbocycles. The number of thiophene rings is 1.